The van der Waals surface area contributed by atoms with Crippen LogP contribution in [0, 0.1) is 6.92 Å². The zero-order valence-electron chi connectivity index (χ0n) is 12.3. The summed E-state index contributed by atoms with van der Waals surface area (Å²) in [6.45, 7) is 2.65. The van der Waals surface area contributed by atoms with Crippen LogP contribution in [0.1, 0.15) is 28.6 Å². The summed E-state index contributed by atoms with van der Waals surface area (Å²) in [5.41, 5.74) is 4.57. The van der Waals surface area contributed by atoms with Gasteiger partial charge in [-0.3, -0.25) is 4.98 Å². The molecule has 0 radical (unpaired) electrons. The summed E-state index contributed by atoms with van der Waals surface area (Å²) in [6, 6.07) is 12.5. The number of pyridine rings is 1. The summed E-state index contributed by atoms with van der Waals surface area (Å²) in [4.78, 5) is 4.54. The van der Waals surface area contributed by atoms with Crippen molar-refractivity contribution in [2.45, 2.75) is 31.3 Å². The van der Waals surface area contributed by atoms with Gasteiger partial charge in [0.25, 0.3) is 0 Å². The Morgan fingerprint density at radius 2 is 2.14 bits per heavy atom. The lowest BCUT2D eigenvalue weighted by Crippen LogP contribution is -2.25. The Morgan fingerprint density at radius 3 is 2.95 bits per heavy atom. The molecule has 1 N–H and O–H groups in total. The number of nitrogens with zero attached hydrogens (tertiary/aromatic N) is 1. The van der Waals surface area contributed by atoms with Crippen LogP contribution in [0.15, 0.2) is 36.4 Å². The highest BCUT2D eigenvalue weighted by Gasteiger charge is 2.30. The smallest absolute Gasteiger partial charge is 0.122 e. The van der Waals surface area contributed by atoms with Gasteiger partial charge in [0.15, 0.2) is 0 Å². The molecule has 0 aliphatic heterocycles. The molecule has 3 nitrogen and oxygen atoms in total. The maximum Gasteiger partial charge on any atom is 0.122 e. The summed E-state index contributed by atoms with van der Waals surface area (Å²) in [5.74, 6) is 0.841. The average Bonchev–Trinajstić information content (AvgIpc) is 2.80. The van der Waals surface area contributed by atoms with Gasteiger partial charge in [0, 0.05) is 30.4 Å². The molecule has 1 heterocycles. The van der Waals surface area contributed by atoms with E-state index in [1.165, 1.54) is 11.1 Å². The highest BCUT2D eigenvalue weighted by molar-refractivity contribution is 6.21. The fraction of sp³-hybridized carbons (Fsp3) is 0.353. The highest BCUT2D eigenvalue weighted by atomic mass is 35.5. The van der Waals surface area contributed by atoms with E-state index in [2.05, 4.69) is 34.6 Å². The zero-order chi connectivity index (χ0) is 14.8. The van der Waals surface area contributed by atoms with Crippen molar-refractivity contribution in [3.05, 3.63) is 58.9 Å². The van der Waals surface area contributed by atoms with Crippen LogP contribution >= 0.6 is 11.6 Å². The number of fused-ring (bicyclic) bond motifs is 1. The molecule has 1 aliphatic rings. The number of rotatable bonds is 4. The molecular formula is C17H19ClN2O. The van der Waals surface area contributed by atoms with Gasteiger partial charge in [0.05, 0.1) is 18.2 Å². The molecule has 0 amide bonds. The van der Waals surface area contributed by atoms with Crippen molar-refractivity contribution in [1.29, 1.82) is 0 Å². The van der Waals surface area contributed by atoms with E-state index < -0.39 is 0 Å². The molecule has 1 aromatic carbocycles. The Morgan fingerprint density at radius 1 is 1.33 bits per heavy atom. The largest absolute Gasteiger partial charge is 0.497 e. The summed E-state index contributed by atoms with van der Waals surface area (Å²) in [5, 5.41) is 3.62. The minimum atomic E-state index is 0.0918. The van der Waals surface area contributed by atoms with E-state index in [4.69, 9.17) is 16.3 Å². The molecule has 0 bridgehead atoms. The maximum absolute atomic E-state index is 6.49. The molecule has 110 valence electrons. The standard InChI is InChI=1S/C17H19ClN2O/c1-11-7-14(21-2)9-13(20-11)10-19-17-15-6-4-3-5-12(15)8-16(17)18/h3-7,9,16-17,19H,8,10H2,1-2H3. The minimum Gasteiger partial charge on any atom is -0.497 e. The molecule has 1 aromatic heterocycles. The van der Waals surface area contributed by atoms with E-state index in [-0.39, 0.29) is 11.4 Å². The zero-order valence-corrected chi connectivity index (χ0v) is 13.0. The van der Waals surface area contributed by atoms with Crippen LogP contribution in [0.5, 0.6) is 5.75 Å². The van der Waals surface area contributed by atoms with E-state index in [1.54, 1.807) is 7.11 Å². The van der Waals surface area contributed by atoms with Crippen LogP contribution in [-0.4, -0.2) is 17.5 Å². The summed E-state index contributed by atoms with van der Waals surface area (Å²) in [6.07, 6.45) is 0.917. The fourth-order valence-electron chi connectivity index (χ4n) is 2.91. The highest BCUT2D eigenvalue weighted by Crippen LogP contribution is 2.34. The summed E-state index contributed by atoms with van der Waals surface area (Å²) >= 11 is 6.49. The van der Waals surface area contributed by atoms with Crippen molar-refractivity contribution in [2.24, 2.45) is 0 Å². The number of hydrogen-bond acceptors (Lipinski definition) is 3. The van der Waals surface area contributed by atoms with Crippen LogP contribution in [0.25, 0.3) is 0 Å². The van der Waals surface area contributed by atoms with Gasteiger partial charge in [0.2, 0.25) is 0 Å². The van der Waals surface area contributed by atoms with Crippen LogP contribution < -0.4 is 10.1 Å². The van der Waals surface area contributed by atoms with E-state index >= 15 is 0 Å². The number of ether oxygens (including phenoxy) is 1. The molecule has 3 rings (SSSR count). The lowest BCUT2D eigenvalue weighted by atomic mass is 10.1. The van der Waals surface area contributed by atoms with Crippen molar-refractivity contribution < 1.29 is 4.74 Å². The second-order valence-electron chi connectivity index (χ2n) is 5.42. The van der Waals surface area contributed by atoms with Crippen molar-refractivity contribution in [3.8, 4) is 5.75 Å². The normalized spacial score (nSPS) is 20.3. The van der Waals surface area contributed by atoms with Crippen LogP contribution in [0.4, 0.5) is 0 Å². The van der Waals surface area contributed by atoms with Crippen LogP contribution in [-0.2, 0) is 13.0 Å². The first kappa shape index (κ1) is 14.4. The third kappa shape index (κ3) is 3.04. The first-order chi connectivity index (χ1) is 10.2. The number of alkyl halides is 1. The van der Waals surface area contributed by atoms with Crippen molar-refractivity contribution in [2.75, 3.05) is 7.11 Å². The molecule has 0 saturated carbocycles. The first-order valence-electron chi connectivity index (χ1n) is 7.14. The van der Waals surface area contributed by atoms with Gasteiger partial charge in [-0.2, -0.15) is 0 Å². The topological polar surface area (TPSA) is 34.1 Å². The van der Waals surface area contributed by atoms with Gasteiger partial charge in [-0.05, 0) is 24.5 Å². The van der Waals surface area contributed by atoms with E-state index in [9.17, 15) is 0 Å². The van der Waals surface area contributed by atoms with Crippen molar-refractivity contribution >= 4 is 11.6 Å². The summed E-state index contributed by atoms with van der Waals surface area (Å²) in [7, 11) is 1.67. The quantitative estimate of drug-likeness (QED) is 0.879. The van der Waals surface area contributed by atoms with Gasteiger partial charge < -0.3 is 10.1 Å². The van der Waals surface area contributed by atoms with E-state index in [0.717, 1.165) is 23.6 Å². The minimum absolute atomic E-state index is 0.0918. The number of halogens is 1. The number of methoxy groups -OCH3 is 1. The number of nitrogens with one attached hydrogen (secondary N) is 1. The van der Waals surface area contributed by atoms with E-state index in [1.807, 2.05) is 19.1 Å². The van der Waals surface area contributed by atoms with Crippen LogP contribution in [0.2, 0.25) is 0 Å². The number of hydrogen-bond donors (Lipinski definition) is 1. The van der Waals surface area contributed by atoms with Gasteiger partial charge >= 0.3 is 0 Å². The molecule has 4 heteroatoms. The Labute approximate surface area is 130 Å². The molecule has 0 saturated heterocycles. The van der Waals surface area contributed by atoms with Crippen LogP contribution in [0.3, 0.4) is 0 Å². The molecule has 1 aliphatic carbocycles. The lowest BCUT2D eigenvalue weighted by Gasteiger charge is -2.17. The third-order valence-electron chi connectivity index (χ3n) is 3.89. The number of aromatic nitrogens is 1. The predicted octanol–water partition coefficient (Wildman–Crippen LogP) is 3.39. The maximum atomic E-state index is 6.49. The van der Waals surface area contributed by atoms with Crippen molar-refractivity contribution in [1.82, 2.24) is 10.3 Å². The third-order valence-corrected chi connectivity index (χ3v) is 4.29. The van der Waals surface area contributed by atoms with Gasteiger partial charge in [0.1, 0.15) is 5.75 Å². The number of benzene rings is 1. The molecule has 21 heavy (non-hydrogen) atoms. The fourth-order valence-corrected chi connectivity index (χ4v) is 3.30. The van der Waals surface area contributed by atoms with Gasteiger partial charge in [-0.1, -0.05) is 24.3 Å². The Hall–Kier alpha value is -1.58. The molecule has 2 unspecified atom stereocenters. The van der Waals surface area contributed by atoms with E-state index in [0.29, 0.717) is 6.54 Å². The monoisotopic (exact) mass is 302 g/mol. The Balaban J connectivity index is 1.75. The molecule has 2 aromatic rings. The molecular weight excluding hydrogens is 284 g/mol. The number of aryl methyl sites for hydroxylation is 1. The molecule has 0 fully saturated rings. The van der Waals surface area contributed by atoms with Gasteiger partial charge in [-0.25, -0.2) is 0 Å². The van der Waals surface area contributed by atoms with Crippen molar-refractivity contribution in [3.63, 3.8) is 0 Å². The second kappa shape index (κ2) is 6.04. The Bertz CT molecular complexity index is 644. The summed E-state index contributed by atoms with van der Waals surface area (Å²) < 4.78 is 5.29. The van der Waals surface area contributed by atoms with Gasteiger partial charge in [-0.15, -0.1) is 11.6 Å². The first-order valence-corrected chi connectivity index (χ1v) is 7.58. The lowest BCUT2D eigenvalue weighted by molar-refractivity contribution is 0.412. The Kier molecular flexibility index (Phi) is 4.13. The molecule has 0 spiro atoms. The average molecular weight is 303 g/mol. The second-order valence-corrected chi connectivity index (χ2v) is 5.98. The SMILES string of the molecule is COc1cc(C)nc(CNC2c3ccccc3CC2Cl)c1. The predicted molar refractivity (Wildman–Crippen MR) is 84.9 cm³/mol. The molecule has 2 atom stereocenters.